The molecule has 1 aliphatic heterocycles. The number of aliphatic hydroxyl groups excluding tert-OH is 1. The lowest BCUT2D eigenvalue weighted by Crippen LogP contribution is -2.47. The molecule has 0 atom stereocenters. The summed E-state index contributed by atoms with van der Waals surface area (Å²) in [7, 11) is 0. The van der Waals surface area contributed by atoms with Crippen molar-refractivity contribution in [1.82, 2.24) is 4.98 Å². The van der Waals surface area contributed by atoms with Gasteiger partial charge in [-0.3, -0.25) is 0 Å². The average molecular weight is 283 g/mol. The third-order valence-electron chi connectivity index (χ3n) is 3.98. The number of aryl methyl sites for hydroxylation is 1. The molecule has 1 saturated heterocycles. The fourth-order valence-electron chi connectivity index (χ4n) is 2.84. The summed E-state index contributed by atoms with van der Waals surface area (Å²) in [4.78, 5) is 9.10. The number of benzene rings is 1. The van der Waals surface area contributed by atoms with E-state index in [1.807, 2.05) is 12.1 Å². The Balaban J connectivity index is 1.70. The lowest BCUT2D eigenvalue weighted by molar-refractivity contribution is 0.281. The summed E-state index contributed by atoms with van der Waals surface area (Å²) in [5, 5.41) is 9.43. The largest absolute Gasteiger partial charge is 0.392 e. The number of piperazine rings is 1. The van der Waals surface area contributed by atoms with Gasteiger partial charge in [-0.25, -0.2) is 4.98 Å². The van der Waals surface area contributed by atoms with Crippen LogP contribution < -0.4 is 9.80 Å². The van der Waals surface area contributed by atoms with Crippen molar-refractivity contribution in [2.45, 2.75) is 13.5 Å². The van der Waals surface area contributed by atoms with Crippen molar-refractivity contribution in [2.24, 2.45) is 0 Å². The molecule has 0 radical (unpaired) electrons. The van der Waals surface area contributed by atoms with E-state index in [4.69, 9.17) is 0 Å². The molecule has 0 spiro atoms. The Morgan fingerprint density at radius 2 is 1.81 bits per heavy atom. The van der Waals surface area contributed by atoms with Crippen molar-refractivity contribution >= 4 is 11.5 Å². The van der Waals surface area contributed by atoms with E-state index in [-0.39, 0.29) is 6.61 Å². The van der Waals surface area contributed by atoms with Crippen LogP contribution in [-0.4, -0.2) is 36.3 Å². The first kappa shape index (κ1) is 13.9. The Morgan fingerprint density at radius 3 is 2.52 bits per heavy atom. The quantitative estimate of drug-likeness (QED) is 0.937. The van der Waals surface area contributed by atoms with Crippen LogP contribution in [0, 0.1) is 6.92 Å². The maximum atomic E-state index is 9.43. The minimum absolute atomic E-state index is 0.0429. The second-order valence-corrected chi connectivity index (χ2v) is 5.46. The normalized spacial score (nSPS) is 15.3. The van der Waals surface area contributed by atoms with Gasteiger partial charge >= 0.3 is 0 Å². The SMILES string of the molecule is Cc1cccc(N2CCN(c3ncccc3CO)CC2)c1. The van der Waals surface area contributed by atoms with Crippen molar-refractivity contribution in [3.63, 3.8) is 0 Å². The van der Waals surface area contributed by atoms with Crippen LogP contribution in [0.15, 0.2) is 42.6 Å². The van der Waals surface area contributed by atoms with Crippen LogP contribution >= 0.6 is 0 Å². The van der Waals surface area contributed by atoms with Gasteiger partial charge in [-0.2, -0.15) is 0 Å². The summed E-state index contributed by atoms with van der Waals surface area (Å²) >= 11 is 0. The molecule has 0 saturated carbocycles. The Hall–Kier alpha value is -2.07. The lowest BCUT2D eigenvalue weighted by atomic mass is 10.2. The van der Waals surface area contributed by atoms with Crippen molar-refractivity contribution in [2.75, 3.05) is 36.0 Å². The summed E-state index contributed by atoms with van der Waals surface area (Å²) < 4.78 is 0. The molecule has 110 valence electrons. The first-order valence-corrected chi connectivity index (χ1v) is 7.39. The van der Waals surface area contributed by atoms with E-state index in [1.165, 1.54) is 11.3 Å². The Kier molecular flexibility index (Phi) is 4.06. The van der Waals surface area contributed by atoms with Gasteiger partial charge in [-0.05, 0) is 30.7 Å². The molecule has 1 aromatic carbocycles. The number of rotatable bonds is 3. The topological polar surface area (TPSA) is 39.6 Å². The minimum Gasteiger partial charge on any atom is -0.392 e. The smallest absolute Gasteiger partial charge is 0.134 e. The average Bonchev–Trinajstić information content (AvgIpc) is 2.55. The van der Waals surface area contributed by atoms with Gasteiger partial charge in [0.2, 0.25) is 0 Å². The molecule has 0 aliphatic carbocycles. The summed E-state index contributed by atoms with van der Waals surface area (Å²) in [5.41, 5.74) is 3.49. The van der Waals surface area contributed by atoms with Crippen LogP contribution in [0.4, 0.5) is 11.5 Å². The van der Waals surface area contributed by atoms with Gasteiger partial charge in [-0.1, -0.05) is 18.2 Å². The summed E-state index contributed by atoms with van der Waals surface area (Å²) in [6.07, 6.45) is 1.79. The Labute approximate surface area is 125 Å². The zero-order chi connectivity index (χ0) is 14.7. The zero-order valence-corrected chi connectivity index (χ0v) is 12.4. The lowest BCUT2D eigenvalue weighted by Gasteiger charge is -2.37. The van der Waals surface area contributed by atoms with Gasteiger partial charge in [0.1, 0.15) is 5.82 Å². The monoisotopic (exact) mass is 283 g/mol. The number of aromatic nitrogens is 1. The van der Waals surface area contributed by atoms with E-state index in [1.54, 1.807) is 6.20 Å². The van der Waals surface area contributed by atoms with E-state index in [9.17, 15) is 5.11 Å². The molecule has 2 aromatic rings. The van der Waals surface area contributed by atoms with Gasteiger partial charge in [0.15, 0.2) is 0 Å². The van der Waals surface area contributed by atoms with Gasteiger partial charge in [0.25, 0.3) is 0 Å². The maximum Gasteiger partial charge on any atom is 0.134 e. The molecule has 4 nitrogen and oxygen atoms in total. The van der Waals surface area contributed by atoms with Crippen LogP contribution in [0.3, 0.4) is 0 Å². The number of anilines is 2. The van der Waals surface area contributed by atoms with Crippen LogP contribution in [0.1, 0.15) is 11.1 Å². The van der Waals surface area contributed by atoms with Crippen molar-refractivity contribution < 1.29 is 5.11 Å². The molecular weight excluding hydrogens is 262 g/mol. The molecule has 0 amide bonds. The second-order valence-electron chi connectivity index (χ2n) is 5.46. The first-order chi connectivity index (χ1) is 10.3. The van der Waals surface area contributed by atoms with E-state index in [0.717, 1.165) is 37.6 Å². The Morgan fingerprint density at radius 1 is 1.05 bits per heavy atom. The first-order valence-electron chi connectivity index (χ1n) is 7.39. The molecule has 1 N–H and O–H groups in total. The molecule has 21 heavy (non-hydrogen) atoms. The van der Waals surface area contributed by atoms with E-state index in [0.29, 0.717) is 0 Å². The van der Waals surface area contributed by atoms with Crippen LogP contribution in [0.2, 0.25) is 0 Å². The molecule has 0 bridgehead atoms. The third-order valence-corrected chi connectivity index (χ3v) is 3.98. The minimum atomic E-state index is 0.0429. The fourth-order valence-corrected chi connectivity index (χ4v) is 2.84. The van der Waals surface area contributed by atoms with Gasteiger partial charge in [0, 0.05) is 43.6 Å². The summed E-state index contributed by atoms with van der Waals surface area (Å²) in [6, 6.07) is 12.5. The zero-order valence-electron chi connectivity index (χ0n) is 12.4. The van der Waals surface area contributed by atoms with Crippen LogP contribution in [0.5, 0.6) is 0 Å². The predicted molar refractivity (Wildman–Crippen MR) is 85.8 cm³/mol. The maximum absolute atomic E-state index is 9.43. The van der Waals surface area contributed by atoms with Crippen molar-refractivity contribution in [1.29, 1.82) is 0 Å². The highest BCUT2D eigenvalue weighted by Crippen LogP contribution is 2.22. The van der Waals surface area contributed by atoms with Crippen LogP contribution in [-0.2, 0) is 6.61 Å². The number of pyridine rings is 1. The molecule has 1 aromatic heterocycles. The molecule has 3 rings (SSSR count). The Bertz CT molecular complexity index is 606. The number of aliphatic hydroxyl groups is 1. The molecule has 1 aliphatic rings. The number of hydrogen-bond acceptors (Lipinski definition) is 4. The van der Waals surface area contributed by atoms with E-state index in [2.05, 4.69) is 46.0 Å². The fraction of sp³-hybridized carbons (Fsp3) is 0.353. The van der Waals surface area contributed by atoms with Crippen molar-refractivity contribution in [3.05, 3.63) is 53.7 Å². The molecular formula is C17H21N3O. The third kappa shape index (κ3) is 3.00. The highest BCUT2D eigenvalue weighted by molar-refractivity contribution is 5.52. The van der Waals surface area contributed by atoms with Crippen LogP contribution in [0.25, 0.3) is 0 Å². The number of hydrogen-bond donors (Lipinski definition) is 1. The van der Waals surface area contributed by atoms with Gasteiger partial charge in [0.05, 0.1) is 6.61 Å². The van der Waals surface area contributed by atoms with Gasteiger partial charge < -0.3 is 14.9 Å². The summed E-state index contributed by atoms with van der Waals surface area (Å²) in [6.45, 7) is 5.98. The number of nitrogens with zero attached hydrogens (tertiary/aromatic N) is 3. The van der Waals surface area contributed by atoms with E-state index < -0.39 is 0 Å². The molecule has 0 unspecified atom stereocenters. The molecule has 4 heteroatoms. The van der Waals surface area contributed by atoms with E-state index >= 15 is 0 Å². The van der Waals surface area contributed by atoms with Gasteiger partial charge in [-0.15, -0.1) is 0 Å². The standard InChI is InChI=1S/C17H21N3O/c1-14-4-2-6-16(12-14)19-8-10-20(11-9-19)17-15(13-21)5-3-7-18-17/h2-7,12,21H,8-11,13H2,1H3. The molecule has 2 heterocycles. The van der Waals surface area contributed by atoms with Crippen molar-refractivity contribution in [3.8, 4) is 0 Å². The summed E-state index contributed by atoms with van der Waals surface area (Å²) in [5.74, 6) is 0.920. The second kappa shape index (κ2) is 6.14. The highest BCUT2D eigenvalue weighted by Gasteiger charge is 2.20. The predicted octanol–water partition coefficient (Wildman–Crippen LogP) is 2.21. The highest BCUT2D eigenvalue weighted by atomic mass is 16.3. The molecule has 1 fully saturated rings.